The van der Waals surface area contributed by atoms with Gasteiger partial charge in [0.25, 0.3) is 0 Å². The third-order valence-electron chi connectivity index (χ3n) is 5.42. The first-order valence-corrected chi connectivity index (χ1v) is 14.1. The fraction of sp³-hybridized carbons (Fsp3) is 0.231. The zero-order valence-electron chi connectivity index (χ0n) is 17.8. The van der Waals surface area contributed by atoms with Gasteiger partial charge in [-0.3, -0.25) is 0 Å². The van der Waals surface area contributed by atoms with Crippen LogP contribution in [0.3, 0.4) is 0 Å². The number of nitrogens with zero attached hydrogens (tertiary/aromatic N) is 1. The Kier molecular flexibility index (Phi) is 7.42. The molecular formula is C26H25INO4-. The molecule has 0 unspecified atom stereocenters. The van der Waals surface area contributed by atoms with E-state index in [1.807, 2.05) is 91.0 Å². The van der Waals surface area contributed by atoms with Crippen molar-refractivity contribution in [2.75, 3.05) is 9.36 Å². The topological polar surface area (TPSA) is 55.8 Å². The Hall–Kier alpha value is -2.87. The monoisotopic (exact) mass is 542 g/mol. The van der Waals surface area contributed by atoms with Gasteiger partial charge in [-0.15, -0.1) is 0 Å². The van der Waals surface area contributed by atoms with Crippen LogP contribution in [0.5, 0.6) is 0 Å². The molecule has 1 heterocycles. The number of morpholine rings is 1. The van der Waals surface area contributed by atoms with Crippen molar-refractivity contribution in [1.82, 2.24) is 4.90 Å². The van der Waals surface area contributed by atoms with Gasteiger partial charge in [0.1, 0.15) is 0 Å². The number of alkyl halides is 2. The zero-order valence-corrected chi connectivity index (χ0v) is 19.9. The van der Waals surface area contributed by atoms with Crippen LogP contribution < -0.4 is 21.2 Å². The van der Waals surface area contributed by atoms with Crippen molar-refractivity contribution in [3.8, 4) is 0 Å². The molecule has 1 saturated heterocycles. The van der Waals surface area contributed by atoms with Crippen LogP contribution in [0.2, 0.25) is 0 Å². The van der Waals surface area contributed by atoms with E-state index in [0.29, 0.717) is 4.43 Å². The van der Waals surface area contributed by atoms with Gasteiger partial charge >= 0.3 is 199 Å². The molecule has 32 heavy (non-hydrogen) atoms. The van der Waals surface area contributed by atoms with E-state index < -0.39 is 24.3 Å². The molecule has 6 heteroatoms. The number of hydrogen-bond donors (Lipinski definition) is 0. The van der Waals surface area contributed by atoms with Gasteiger partial charge in [-0.05, 0) is 0 Å². The van der Waals surface area contributed by atoms with E-state index in [1.165, 1.54) is 0 Å². The second-order valence-corrected chi connectivity index (χ2v) is 9.91. The number of rotatable bonds is 6. The van der Waals surface area contributed by atoms with Gasteiger partial charge in [-0.2, -0.15) is 0 Å². The van der Waals surface area contributed by atoms with Crippen molar-refractivity contribution in [2.24, 2.45) is 0 Å². The van der Waals surface area contributed by atoms with Gasteiger partial charge in [0.2, 0.25) is 0 Å². The molecule has 0 saturated carbocycles. The summed E-state index contributed by atoms with van der Waals surface area (Å²) in [6.07, 6.45) is -1.11. The van der Waals surface area contributed by atoms with Crippen LogP contribution in [-0.2, 0) is 20.9 Å². The molecular weight excluding hydrogens is 517 g/mol. The van der Waals surface area contributed by atoms with Gasteiger partial charge in [0, 0.05) is 0 Å². The van der Waals surface area contributed by atoms with Crippen LogP contribution in [0.4, 0.5) is 4.79 Å². The summed E-state index contributed by atoms with van der Waals surface area (Å²) in [4.78, 5) is 30.3. The van der Waals surface area contributed by atoms with Crippen LogP contribution in [0, 0.1) is 0 Å². The van der Waals surface area contributed by atoms with Crippen LogP contribution >= 0.6 is 0 Å². The molecule has 0 N–H and O–H groups in total. The minimum atomic E-state index is -0.652. The van der Waals surface area contributed by atoms with Crippen LogP contribution in [0.1, 0.15) is 28.8 Å². The van der Waals surface area contributed by atoms with Crippen molar-refractivity contribution in [3.05, 3.63) is 108 Å². The van der Waals surface area contributed by atoms with E-state index in [2.05, 4.69) is 4.93 Å². The second-order valence-electron chi connectivity index (χ2n) is 7.51. The summed E-state index contributed by atoms with van der Waals surface area (Å²) < 4.78 is 12.3. The van der Waals surface area contributed by atoms with Gasteiger partial charge in [0.15, 0.2) is 0 Å². The number of ether oxygens (including phenoxy) is 2. The molecule has 0 spiro atoms. The average molecular weight is 542 g/mol. The molecule has 5 nitrogen and oxygen atoms in total. The Bertz CT molecular complexity index is 1030. The molecule has 0 radical (unpaired) electrons. The molecule has 4 rings (SSSR count). The van der Waals surface area contributed by atoms with Crippen molar-refractivity contribution < 1.29 is 40.3 Å². The molecule has 1 amide bonds. The summed E-state index contributed by atoms with van der Waals surface area (Å²) in [6.45, 7) is 0.149. The summed E-state index contributed by atoms with van der Waals surface area (Å²) in [6, 6.07) is 27.8. The van der Waals surface area contributed by atoms with E-state index in [0.717, 1.165) is 16.7 Å². The minimum absolute atomic E-state index is 0.149. The number of esters is 1. The van der Waals surface area contributed by atoms with Crippen LogP contribution in [0.15, 0.2) is 91.0 Å². The van der Waals surface area contributed by atoms with Crippen molar-refractivity contribution in [3.63, 3.8) is 0 Å². The standard InChI is InChI=1S/C26H25INO4/c1-27-17-22-25(29)32-24(21-15-9-4-10-16-21)23(20-13-7-3-8-14-20)28(22)26(30)31-18-19-11-5-2-6-12-19/h2-16,22-24H,17-18H2,1H3/q-1/t22-,23-,24+/m0/s1. The number of amides is 1. The fourth-order valence-corrected chi connectivity index (χ4v) is 5.54. The Morgan fingerprint density at radius 2 is 1.47 bits per heavy atom. The normalized spacial score (nSPS) is 20.6. The molecule has 166 valence electrons. The van der Waals surface area contributed by atoms with Gasteiger partial charge < -0.3 is 0 Å². The van der Waals surface area contributed by atoms with E-state index in [-0.39, 0.29) is 33.8 Å². The molecule has 3 aromatic carbocycles. The predicted molar refractivity (Wildman–Crippen MR) is 118 cm³/mol. The molecule has 1 aliphatic rings. The quantitative estimate of drug-likeness (QED) is 0.271. The van der Waals surface area contributed by atoms with Gasteiger partial charge in [-0.1, -0.05) is 0 Å². The van der Waals surface area contributed by atoms with E-state index >= 15 is 0 Å². The number of benzene rings is 3. The number of halogens is 1. The Morgan fingerprint density at radius 1 is 0.906 bits per heavy atom. The Morgan fingerprint density at radius 3 is 2.06 bits per heavy atom. The molecule has 1 aliphatic heterocycles. The van der Waals surface area contributed by atoms with E-state index in [9.17, 15) is 9.59 Å². The first-order chi connectivity index (χ1) is 15.7. The number of hydrogen-bond acceptors (Lipinski definition) is 4. The van der Waals surface area contributed by atoms with Crippen LogP contribution in [-0.4, -0.2) is 32.4 Å². The van der Waals surface area contributed by atoms with Crippen LogP contribution in [0.25, 0.3) is 0 Å². The third kappa shape index (κ3) is 4.96. The average Bonchev–Trinajstić information content (AvgIpc) is 2.85. The molecule has 0 aliphatic carbocycles. The number of cyclic esters (lactones) is 1. The first kappa shape index (κ1) is 22.3. The predicted octanol–water partition coefficient (Wildman–Crippen LogP) is 1.75. The molecule has 1 fully saturated rings. The first-order valence-electron chi connectivity index (χ1n) is 10.4. The summed E-state index contributed by atoms with van der Waals surface area (Å²) in [5, 5.41) is 0. The number of carbonyl (C=O) groups is 2. The van der Waals surface area contributed by atoms with Gasteiger partial charge in [0.05, 0.1) is 0 Å². The molecule has 0 bridgehead atoms. The maximum absolute atomic E-state index is 13.5. The molecule has 0 aromatic heterocycles. The van der Waals surface area contributed by atoms with Crippen molar-refractivity contribution in [1.29, 1.82) is 0 Å². The van der Waals surface area contributed by atoms with E-state index in [1.54, 1.807) is 4.90 Å². The summed E-state index contributed by atoms with van der Waals surface area (Å²) >= 11 is -0.262. The zero-order chi connectivity index (χ0) is 22.3. The Labute approximate surface area is 198 Å². The summed E-state index contributed by atoms with van der Waals surface area (Å²) in [5.74, 6) is -0.371. The summed E-state index contributed by atoms with van der Waals surface area (Å²) in [5.41, 5.74) is 2.65. The van der Waals surface area contributed by atoms with Crippen molar-refractivity contribution in [2.45, 2.75) is 24.8 Å². The summed E-state index contributed by atoms with van der Waals surface area (Å²) in [7, 11) is 0. The third-order valence-corrected chi connectivity index (χ3v) is 7.14. The second kappa shape index (κ2) is 10.6. The maximum atomic E-state index is 13.5. The number of carbonyl (C=O) groups excluding carboxylic acids is 2. The Balaban J connectivity index is 1.72. The SMILES string of the molecule is C[I-]C[C@H]1C(=O)O[C@H](c2ccccc2)[C@H](c2ccccc2)N1C(=O)OCc1ccccc1. The van der Waals surface area contributed by atoms with Crippen molar-refractivity contribution >= 4 is 12.1 Å². The fourth-order valence-electron chi connectivity index (χ4n) is 3.92. The molecule has 3 atom stereocenters. The van der Waals surface area contributed by atoms with Gasteiger partial charge in [-0.25, -0.2) is 0 Å². The molecule has 3 aromatic rings. The van der Waals surface area contributed by atoms with E-state index in [4.69, 9.17) is 9.47 Å².